The van der Waals surface area contributed by atoms with E-state index in [1.165, 1.54) is 49.0 Å². The van der Waals surface area contributed by atoms with E-state index in [9.17, 15) is 10.0 Å². The number of hydrogen-bond donors (Lipinski definition) is 2. The van der Waals surface area contributed by atoms with Gasteiger partial charge in [0.2, 0.25) is 0 Å². The number of rotatable bonds is 6. The lowest BCUT2D eigenvalue weighted by Gasteiger charge is -2.22. The summed E-state index contributed by atoms with van der Waals surface area (Å²) in [7, 11) is 0. The van der Waals surface area contributed by atoms with E-state index in [0.29, 0.717) is 29.9 Å². The second kappa shape index (κ2) is 11.2. The van der Waals surface area contributed by atoms with E-state index in [1.54, 1.807) is 0 Å². The minimum absolute atomic E-state index is 0.0715. The molecule has 1 aliphatic carbocycles. The van der Waals surface area contributed by atoms with Crippen LogP contribution in [0.5, 0.6) is 0 Å². The molecule has 2 aromatic rings. The van der Waals surface area contributed by atoms with Crippen LogP contribution < -0.4 is 5.32 Å². The fourth-order valence-corrected chi connectivity index (χ4v) is 6.01. The summed E-state index contributed by atoms with van der Waals surface area (Å²) in [5.41, 5.74) is 4.63. The first-order valence-corrected chi connectivity index (χ1v) is 13.8. The van der Waals surface area contributed by atoms with Crippen molar-refractivity contribution in [3.63, 3.8) is 0 Å². The Balaban J connectivity index is 1.73. The summed E-state index contributed by atoms with van der Waals surface area (Å²) in [6, 6.07) is 6.53. The summed E-state index contributed by atoms with van der Waals surface area (Å²) < 4.78 is 5.44. The van der Waals surface area contributed by atoms with Crippen molar-refractivity contribution in [3.05, 3.63) is 40.0 Å². The van der Waals surface area contributed by atoms with Crippen molar-refractivity contribution >= 4 is 23.0 Å². The van der Waals surface area contributed by atoms with Gasteiger partial charge in [-0.1, -0.05) is 58.0 Å². The summed E-state index contributed by atoms with van der Waals surface area (Å²) in [6.07, 6.45) is 8.90. The molecule has 2 N–H and O–H groups in total. The van der Waals surface area contributed by atoms with Crippen LogP contribution in [0.1, 0.15) is 99.3 Å². The number of carbonyl (C=O) groups is 1. The summed E-state index contributed by atoms with van der Waals surface area (Å²) >= 11 is 1.49. The number of thiazole rings is 1. The second-order valence-electron chi connectivity index (χ2n) is 11.1. The molecule has 6 nitrogen and oxygen atoms in total. The van der Waals surface area contributed by atoms with Crippen LogP contribution in [0.15, 0.2) is 23.4 Å². The van der Waals surface area contributed by atoms with Gasteiger partial charge in [-0.15, -0.1) is 11.3 Å². The smallest absolute Gasteiger partial charge is 0.280 e. The molecular formula is C28H39N3O3S. The minimum atomic E-state index is -0.0849. The molecule has 1 saturated carbocycles. The minimum Gasteiger partial charge on any atom is -0.411 e. The van der Waals surface area contributed by atoms with E-state index in [4.69, 9.17) is 9.72 Å². The Morgan fingerprint density at radius 3 is 2.51 bits per heavy atom. The van der Waals surface area contributed by atoms with Crippen molar-refractivity contribution < 1.29 is 14.7 Å². The van der Waals surface area contributed by atoms with Crippen LogP contribution in [-0.2, 0) is 16.6 Å². The molecule has 1 aromatic heterocycles. The Hall–Kier alpha value is -2.25. The average Bonchev–Trinajstić information content (AvgIpc) is 3.28. The fraction of sp³-hybridized carbons (Fsp3) is 0.607. The molecule has 190 valence electrons. The van der Waals surface area contributed by atoms with Crippen LogP contribution in [0, 0.1) is 5.92 Å². The predicted octanol–water partition coefficient (Wildman–Crippen LogP) is 6.34. The van der Waals surface area contributed by atoms with E-state index in [1.807, 2.05) is 6.92 Å². The Labute approximate surface area is 213 Å². The highest BCUT2D eigenvalue weighted by molar-refractivity contribution is 7.17. The lowest BCUT2D eigenvalue weighted by Crippen LogP contribution is -2.38. The van der Waals surface area contributed by atoms with E-state index >= 15 is 0 Å². The molecule has 0 atom stereocenters. The van der Waals surface area contributed by atoms with Crippen LogP contribution in [0.3, 0.4) is 0 Å². The van der Waals surface area contributed by atoms with E-state index < -0.39 is 0 Å². The lowest BCUT2D eigenvalue weighted by atomic mass is 9.83. The van der Waals surface area contributed by atoms with Crippen molar-refractivity contribution in [1.29, 1.82) is 0 Å². The van der Waals surface area contributed by atoms with E-state index in [-0.39, 0.29) is 17.4 Å². The third-order valence-corrected chi connectivity index (χ3v) is 8.43. The van der Waals surface area contributed by atoms with Gasteiger partial charge in [0.1, 0.15) is 0 Å². The predicted molar refractivity (Wildman–Crippen MR) is 142 cm³/mol. The SMILES string of the molecule is CC(=NO)c1cc(-c2sc(C(=O)NC3CCOCC3)nc2CC2CCCCC2)cc(C(C)(C)C)c1. The third kappa shape index (κ3) is 6.50. The van der Waals surface area contributed by atoms with Gasteiger partial charge in [-0.25, -0.2) is 4.98 Å². The summed E-state index contributed by atoms with van der Waals surface area (Å²) in [5, 5.41) is 16.6. The van der Waals surface area contributed by atoms with Gasteiger partial charge in [-0.2, -0.15) is 0 Å². The van der Waals surface area contributed by atoms with Crippen molar-refractivity contribution in [3.8, 4) is 10.4 Å². The molecule has 7 heteroatoms. The van der Waals surface area contributed by atoms with Crippen LogP contribution >= 0.6 is 11.3 Å². The molecule has 0 unspecified atom stereocenters. The molecule has 2 fully saturated rings. The van der Waals surface area contributed by atoms with Crippen molar-refractivity contribution in [2.75, 3.05) is 13.2 Å². The first-order chi connectivity index (χ1) is 16.7. The number of nitrogens with zero attached hydrogens (tertiary/aromatic N) is 2. The van der Waals surface area contributed by atoms with Crippen LogP contribution in [0.25, 0.3) is 10.4 Å². The molecule has 1 saturated heterocycles. The molecule has 4 rings (SSSR count). The number of benzene rings is 1. The van der Waals surface area contributed by atoms with Gasteiger partial charge in [0, 0.05) is 19.3 Å². The zero-order valence-corrected chi connectivity index (χ0v) is 22.3. The number of ether oxygens (including phenoxy) is 1. The molecule has 1 aliphatic heterocycles. The molecule has 1 amide bonds. The average molecular weight is 498 g/mol. The maximum absolute atomic E-state index is 13.2. The Morgan fingerprint density at radius 2 is 1.86 bits per heavy atom. The van der Waals surface area contributed by atoms with Gasteiger partial charge in [0.25, 0.3) is 5.91 Å². The maximum Gasteiger partial charge on any atom is 0.280 e. The van der Waals surface area contributed by atoms with Crippen molar-refractivity contribution in [2.24, 2.45) is 11.1 Å². The Morgan fingerprint density at radius 1 is 1.14 bits per heavy atom. The Bertz CT molecular complexity index is 1060. The summed E-state index contributed by atoms with van der Waals surface area (Å²) in [4.78, 5) is 19.2. The lowest BCUT2D eigenvalue weighted by molar-refractivity contribution is 0.0696. The second-order valence-corrected chi connectivity index (χ2v) is 12.1. The summed E-state index contributed by atoms with van der Waals surface area (Å²) in [6.45, 7) is 9.75. The molecule has 0 bridgehead atoms. The maximum atomic E-state index is 13.2. The molecule has 0 radical (unpaired) electrons. The number of amides is 1. The number of aromatic nitrogens is 1. The molecule has 2 heterocycles. The van der Waals surface area contributed by atoms with Crippen LogP contribution in [0.2, 0.25) is 0 Å². The van der Waals surface area contributed by atoms with Gasteiger partial charge < -0.3 is 15.3 Å². The standard InChI is InChI=1S/C28H39N3O3S/c1-18(31-33)20-15-21(17-22(16-20)28(2,3)4)25-24(14-19-8-6-5-7-9-19)30-27(35-25)26(32)29-23-10-12-34-13-11-23/h15-17,19,23,33H,5-14H2,1-4H3,(H,29,32). The van der Waals surface area contributed by atoms with Gasteiger partial charge in [0.05, 0.1) is 16.3 Å². The van der Waals surface area contributed by atoms with Gasteiger partial charge >= 0.3 is 0 Å². The first kappa shape index (κ1) is 25.8. The van der Waals surface area contributed by atoms with E-state index in [0.717, 1.165) is 41.0 Å². The largest absolute Gasteiger partial charge is 0.411 e. The zero-order valence-electron chi connectivity index (χ0n) is 21.5. The molecule has 2 aliphatic rings. The van der Waals surface area contributed by atoms with Crippen molar-refractivity contribution in [2.45, 2.75) is 90.5 Å². The van der Waals surface area contributed by atoms with Crippen LogP contribution in [-0.4, -0.2) is 41.1 Å². The summed E-state index contributed by atoms with van der Waals surface area (Å²) in [5.74, 6) is 0.528. The highest BCUT2D eigenvalue weighted by Crippen LogP contribution is 2.37. The zero-order chi connectivity index (χ0) is 25.0. The highest BCUT2D eigenvalue weighted by Gasteiger charge is 2.25. The van der Waals surface area contributed by atoms with E-state index in [2.05, 4.69) is 49.4 Å². The number of carbonyl (C=O) groups excluding carboxylic acids is 1. The van der Waals surface area contributed by atoms with Gasteiger partial charge in [0.15, 0.2) is 5.01 Å². The third-order valence-electron chi connectivity index (χ3n) is 7.28. The van der Waals surface area contributed by atoms with Gasteiger partial charge in [-0.05, 0) is 72.4 Å². The molecule has 0 spiro atoms. The molecule has 1 aromatic carbocycles. The normalized spacial score (nSPS) is 18.6. The Kier molecular flexibility index (Phi) is 8.27. The first-order valence-electron chi connectivity index (χ1n) is 13.0. The van der Waals surface area contributed by atoms with Gasteiger partial charge in [-0.3, -0.25) is 4.79 Å². The quantitative estimate of drug-likeness (QED) is 0.277. The van der Waals surface area contributed by atoms with Crippen molar-refractivity contribution in [1.82, 2.24) is 10.3 Å². The van der Waals surface area contributed by atoms with Crippen LogP contribution in [0.4, 0.5) is 0 Å². The number of oxime groups is 1. The fourth-order valence-electron chi connectivity index (χ4n) is 5.02. The highest BCUT2D eigenvalue weighted by atomic mass is 32.1. The number of hydrogen-bond acceptors (Lipinski definition) is 6. The molecular weight excluding hydrogens is 458 g/mol. The monoisotopic (exact) mass is 497 g/mol. The topological polar surface area (TPSA) is 83.8 Å². The number of nitrogens with one attached hydrogen (secondary N) is 1. The molecule has 35 heavy (non-hydrogen) atoms.